The van der Waals surface area contributed by atoms with Gasteiger partial charge in [-0.05, 0) is 39.3 Å². The zero-order valence-corrected chi connectivity index (χ0v) is 14.2. The molecule has 0 unspecified atom stereocenters. The molecule has 0 aliphatic carbocycles. The zero-order chi connectivity index (χ0) is 13.6. The summed E-state index contributed by atoms with van der Waals surface area (Å²) in [6.45, 7) is 15.9. The average Bonchev–Trinajstić information content (AvgIpc) is 2.67. The van der Waals surface area contributed by atoms with Crippen LogP contribution in [0.15, 0.2) is 0 Å². The van der Waals surface area contributed by atoms with Crippen molar-refractivity contribution >= 4 is 32.8 Å². The van der Waals surface area contributed by atoms with Crippen molar-refractivity contribution in [3.8, 4) is 0 Å². The van der Waals surface area contributed by atoms with E-state index in [4.69, 9.17) is 16.0 Å². The van der Waals surface area contributed by atoms with Gasteiger partial charge in [-0.2, -0.15) is 0 Å². The van der Waals surface area contributed by atoms with Gasteiger partial charge in [0.25, 0.3) is 0 Å². The van der Waals surface area contributed by atoms with Gasteiger partial charge in [0.1, 0.15) is 0 Å². The van der Waals surface area contributed by atoms with E-state index in [0.717, 1.165) is 39.3 Å². The Morgan fingerprint density at radius 3 is 1.28 bits per heavy atom. The Bertz CT molecular complexity index is 286. The van der Waals surface area contributed by atoms with E-state index in [2.05, 4.69) is 44.3 Å². The Kier molecular flexibility index (Phi) is 4.17. The quantitative estimate of drug-likeness (QED) is 0.662. The lowest BCUT2D eigenvalue weighted by atomic mass is 10.4. The van der Waals surface area contributed by atoms with Crippen LogP contribution in [0.2, 0.25) is 26.2 Å². The predicted octanol–water partition coefficient (Wildman–Crippen LogP) is -0.208. The summed E-state index contributed by atoms with van der Waals surface area (Å²) < 4.78 is 9.37. The number of hydrogen-bond donors (Lipinski definition) is 0. The van der Waals surface area contributed by atoms with E-state index in [1.165, 1.54) is 0 Å². The van der Waals surface area contributed by atoms with Gasteiger partial charge in [0.2, 0.25) is 0 Å². The summed E-state index contributed by atoms with van der Waals surface area (Å²) in [5.74, 6) is 0. The second kappa shape index (κ2) is 5.07. The van der Waals surface area contributed by atoms with Crippen LogP contribution in [0.25, 0.3) is 0 Å². The molecule has 4 nitrogen and oxygen atoms in total. The van der Waals surface area contributed by atoms with Crippen molar-refractivity contribution in [2.45, 2.75) is 26.2 Å². The summed E-state index contributed by atoms with van der Waals surface area (Å²) in [4.78, 5) is 0. The van der Waals surface area contributed by atoms with E-state index in [1.807, 2.05) is 0 Å². The van der Waals surface area contributed by atoms with Gasteiger partial charge in [0.05, 0.1) is 0 Å². The molecule has 18 heavy (non-hydrogen) atoms. The molecule has 0 N–H and O–H groups in total. The molecule has 2 aliphatic heterocycles. The van der Waals surface area contributed by atoms with Crippen molar-refractivity contribution in [2.75, 3.05) is 39.3 Å². The average molecular weight is 278 g/mol. The van der Waals surface area contributed by atoms with Crippen LogP contribution in [-0.4, -0.2) is 90.1 Å². The molecule has 0 bridgehead atoms. The Morgan fingerprint density at radius 1 is 0.722 bits per heavy atom. The van der Waals surface area contributed by atoms with Gasteiger partial charge >= 0.3 is 0 Å². The highest BCUT2D eigenvalue weighted by Gasteiger charge is 2.42. The summed E-state index contributed by atoms with van der Waals surface area (Å²) in [7, 11) is 9.12. The first-order valence-electron chi connectivity index (χ1n) is 6.81. The highest BCUT2D eigenvalue weighted by Crippen LogP contribution is 2.22. The fourth-order valence-corrected chi connectivity index (χ4v) is 7.54. The number of rotatable bonds is 3. The molecule has 0 atom stereocenters. The van der Waals surface area contributed by atoms with Crippen LogP contribution in [0.3, 0.4) is 0 Å². The molecule has 0 saturated carbocycles. The smallest absolute Gasteiger partial charge is 0.188 e. The maximum absolute atomic E-state index is 6.08. The van der Waals surface area contributed by atoms with Crippen LogP contribution < -0.4 is 0 Å². The molecule has 2 rings (SSSR count). The molecule has 0 aromatic heterocycles. The largest absolute Gasteiger partial charge is 0.362 e. The van der Waals surface area contributed by atoms with Crippen molar-refractivity contribution in [3.05, 3.63) is 0 Å². The fraction of sp³-hybridized carbons (Fsp3) is 1.00. The van der Waals surface area contributed by atoms with Gasteiger partial charge in [0, 0.05) is 26.2 Å². The lowest BCUT2D eigenvalue weighted by Gasteiger charge is -2.38. The van der Waals surface area contributed by atoms with Crippen LogP contribution in [0.4, 0.5) is 0 Å². The Morgan fingerprint density at radius 2 is 1.06 bits per heavy atom. The Balaban J connectivity index is 1.90. The van der Waals surface area contributed by atoms with Crippen LogP contribution in [-0.2, 0) is 0 Å². The Hall–Kier alpha value is 0.404. The van der Waals surface area contributed by atoms with Crippen molar-refractivity contribution in [1.29, 1.82) is 0 Å². The summed E-state index contributed by atoms with van der Waals surface area (Å²) in [6, 6.07) is 0. The third-order valence-electron chi connectivity index (χ3n) is 4.81. The van der Waals surface area contributed by atoms with Crippen molar-refractivity contribution in [2.24, 2.45) is 0 Å². The maximum Gasteiger partial charge on any atom is 0.188 e. The minimum Gasteiger partial charge on any atom is -0.362 e. The van der Waals surface area contributed by atoms with E-state index in [9.17, 15) is 0 Å². The summed E-state index contributed by atoms with van der Waals surface area (Å²) in [5, 5.41) is 0. The molecule has 2 saturated heterocycles. The molecule has 2 heterocycles. The van der Waals surface area contributed by atoms with E-state index in [0.29, 0.717) is 0 Å². The predicted molar refractivity (Wildman–Crippen MR) is 83.0 cm³/mol. The lowest BCUT2D eigenvalue weighted by molar-refractivity contribution is 0.379. The highest BCUT2D eigenvalue weighted by molar-refractivity contribution is 6.77. The van der Waals surface area contributed by atoms with E-state index in [1.54, 1.807) is 0 Å². The van der Waals surface area contributed by atoms with Gasteiger partial charge < -0.3 is 18.1 Å². The highest BCUT2D eigenvalue weighted by atomic mass is 28.4. The molecule has 8 heteroatoms. The van der Waals surface area contributed by atoms with Crippen molar-refractivity contribution < 1.29 is 0 Å². The first kappa shape index (κ1) is 14.8. The molecule has 0 aromatic carbocycles. The second-order valence-corrected chi connectivity index (χ2v) is 14.7. The molecule has 4 radical (unpaired) electrons. The van der Waals surface area contributed by atoms with Gasteiger partial charge in [-0.1, -0.05) is 0 Å². The molecule has 0 amide bonds. The van der Waals surface area contributed by atoms with Crippen molar-refractivity contribution in [3.63, 3.8) is 0 Å². The third-order valence-corrected chi connectivity index (χ3v) is 12.1. The first-order chi connectivity index (χ1) is 8.26. The van der Waals surface area contributed by atoms with Crippen molar-refractivity contribution in [1.82, 2.24) is 18.1 Å². The Labute approximate surface area is 116 Å². The van der Waals surface area contributed by atoms with Crippen LogP contribution >= 0.6 is 0 Å². The fourth-order valence-electron chi connectivity index (χ4n) is 2.93. The first-order valence-corrected chi connectivity index (χ1v) is 12.6. The minimum atomic E-state index is -1.52. The molecule has 2 fully saturated rings. The summed E-state index contributed by atoms with van der Waals surface area (Å²) >= 11 is 0. The lowest BCUT2D eigenvalue weighted by Crippen LogP contribution is -2.58. The van der Waals surface area contributed by atoms with Gasteiger partial charge in [0.15, 0.2) is 32.8 Å². The third kappa shape index (κ3) is 2.51. The molecular formula is C10H24B2N4Si2. The summed E-state index contributed by atoms with van der Waals surface area (Å²) in [6.07, 6.45) is 0. The van der Waals surface area contributed by atoms with Crippen LogP contribution in [0.1, 0.15) is 0 Å². The topological polar surface area (TPSA) is 13.0 Å². The van der Waals surface area contributed by atoms with E-state index < -0.39 is 16.8 Å². The molecule has 98 valence electrons. The van der Waals surface area contributed by atoms with Gasteiger partial charge in [-0.15, -0.1) is 0 Å². The second-order valence-electron chi connectivity index (χ2n) is 6.35. The SMILES string of the molecule is [B]N1CCN(CCN2CCN([B])[Si]2(C)C)[Si]1(C)C. The van der Waals surface area contributed by atoms with E-state index in [-0.39, 0.29) is 0 Å². The molecule has 0 spiro atoms. The van der Waals surface area contributed by atoms with Gasteiger partial charge in [-0.25, -0.2) is 0 Å². The normalized spacial score (nSPS) is 30.2. The molecule has 2 aliphatic rings. The molecule has 0 aromatic rings. The summed E-state index contributed by atoms with van der Waals surface area (Å²) in [5.41, 5.74) is 0. The van der Waals surface area contributed by atoms with Crippen LogP contribution in [0.5, 0.6) is 0 Å². The minimum absolute atomic E-state index is 1.02. The van der Waals surface area contributed by atoms with E-state index >= 15 is 0 Å². The maximum atomic E-state index is 6.08. The monoisotopic (exact) mass is 278 g/mol. The molecular weight excluding hydrogens is 254 g/mol. The standard InChI is InChI=1S/C10H24B2N4Si2/c1-17(2)13(7-9-15(17)11)5-6-14-8-10-16(12)18(14,3)4/h5-10H2,1-4H3. The number of nitrogens with zero attached hydrogens (tertiary/aromatic N) is 4. The number of hydrogen-bond acceptors (Lipinski definition) is 4. The zero-order valence-electron chi connectivity index (χ0n) is 12.2. The van der Waals surface area contributed by atoms with Crippen LogP contribution in [0, 0.1) is 0 Å². The van der Waals surface area contributed by atoms with Gasteiger partial charge in [-0.3, -0.25) is 0 Å².